The van der Waals surface area contributed by atoms with Crippen molar-refractivity contribution in [3.8, 4) is 0 Å². The van der Waals surface area contributed by atoms with Crippen LogP contribution < -0.4 is 9.80 Å². The highest BCUT2D eigenvalue weighted by Gasteiger charge is 2.41. The van der Waals surface area contributed by atoms with Gasteiger partial charge in [0.2, 0.25) is 0 Å². The molecule has 2 heterocycles. The summed E-state index contributed by atoms with van der Waals surface area (Å²) >= 11 is 0. The molecule has 0 amide bonds. The lowest BCUT2D eigenvalue weighted by Crippen LogP contribution is -2.26. The van der Waals surface area contributed by atoms with E-state index in [-0.39, 0.29) is 0 Å². The second-order valence-electron chi connectivity index (χ2n) is 6.83. The molecule has 0 aromatic heterocycles. The van der Waals surface area contributed by atoms with Crippen molar-refractivity contribution in [3.05, 3.63) is 107 Å². The van der Waals surface area contributed by atoms with Crippen LogP contribution >= 0.6 is 0 Å². The van der Waals surface area contributed by atoms with Crippen LogP contribution in [0.15, 0.2) is 90.3 Å². The fourth-order valence-corrected chi connectivity index (χ4v) is 4.03. The fraction of sp³-hybridized carbons (Fsp3) is 0.167. The molecular formula is C24H22N2. The Balaban J connectivity index is 1.79. The zero-order chi connectivity index (χ0) is 19.5. The first-order valence-electron chi connectivity index (χ1n) is 10.1. The van der Waals surface area contributed by atoms with Gasteiger partial charge in [0.1, 0.15) is 0 Å². The van der Waals surface area contributed by atoms with Crippen molar-refractivity contribution in [2.75, 3.05) is 16.4 Å². The minimum Gasteiger partial charge on any atom is -0.325 e. The molecule has 128 valence electrons. The van der Waals surface area contributed by atoms with Crippen LogP contribution in [0.2, 0.25) is 0 Å². The summed E-state index contributed by atoms with van der Waals surface area (Å²) in [6.07, 6.45) is 0. The number of rotatable bonds is 2. The van der Waals surface area contributed by atoms with E-state index in [0.29, 0.717) is 0 Å². The first-order valence-corrected chi connectivity index (χ1v) is 8.98. The summed E-state index contributed by atoms with van der Waals surface area (Å²) in [7, 11) is 0. The highest BCUT2D eigenvalue weighted by molar-refractivity contribution is 5.77. The smallest absolute Gasteiger partial charge is 0.0995 e. The third-order valence-electron chi connectivity index (χ3n) is 5.28. The van der Waals surface area contributed by atoms with Gasteiger partial charge in [0.25, 0.3) is 0 Å². The van der Waals surface area contributed by atoms with Gasteiger partial charge in [-0.3, -0.25) is 0 Å². The molecule has 0 N–H and O–H groups in total. The van der Waals surface area contributed by atoms with Crippen LogP contribution in [0.3, 0.4) is 0 Å². The van der Waals surface area contributed by atoms with Gasteiger partial charge in [-0.15, -0.1) is 0 Å². The molecule has 2 unspecified atom stereocenters. The van der Waals surface area contributed by atoms with Gasteiger partial charge in [-0.1, -0.05) is 66.7 Å². The van der Waals surface area contributed by atoms with Crippen molar-refractivity contribution < 1.29 is 2.74 Å². The Kier molecular flexibility index (Phi) is 2.94. The maximum atomic E-state index is 9.65. The van der Waals surface area contributed by atoms with Gasteiger partial charge in [-0.05, 0) is 42.7 Å². The Morgan fingerprint density at radius 3 is 2.23 bits per heavy atom. The van der Waals surface area contributed by atoms with E-state index in [2.05, 4.69) is 19.1 Å². The zero-order valence-electron chi connectivity index (χ0n) is 17.0. The van der Waals surface area contributed by atoms with E-state index < -0.39 is 12.5 Å². The van der Waals surface area contributed by atoms with Gasteiger partial charge in [-0.2, -0.15) is 0 Å². The molecule has 0 saturated heterocycles. The van der Waals surface area contributed by atoms with Crippen LogP contribution in [-0.2, 0) is 0 Å². The van der Waals surface area contributed by atoms with Gasteiger partial charge in [0.15, 0.2) is 0 Å². The van der Waals surface area contributed by atoms with E-state index in [4.69, 9.17) is 1.37 Å². The summed E-state index contributed by atoms with van der Waals surface area (Å²) in [6.45, 7) is 3.48. The van der Waals surface area contributed by atoms with Crippen molar-refractivity contribution in [2.24, 2.45) is 0 Å². The highest BCUT2D eigenvalue weighted by Crippen LogP contribution is 2.51. The lowest BCUT2D eigenvalue weighted by Gasteiger charge is -2.24. The van der Waals surface area contributed by atoms with Crippen LogP contribution in [0.5, 0.6) is 0 Å². The number of para-hydroxylation sites is 2. The van der Waals surface area contributed by atoms with E-state index in [0.717, 1.165) is 39.5 Å². The summed E-state index contributed by atoms with van der Waals surface area (Å²) in [6, 6.07) is 26.2. The average molecular weight is 340 g/mol. The Labute approximate surface area is 157 Å². The van der Waals surface area contributed by atoms with Crippen molar-refractivity contribution in [3.63, 3.8) is 0 Å². The predicted molar refractivity (Wildman–Crippen MR) is 108 cm³/mol. The van der Waals surface area contributed by atoms with Crippen LogP contribution in [-0.4, -0.2) is 6.64 Å². The summed E-state index contributed by atoms with van der Waals surface area (Å²) in [5, 5.41) is 0. The van der Waals surface area contributed by atoms with Crippen molar-refractivity contribution in [2.45, 2.75) is 19.7 Å². The second kappa shape index (κ2) is 5.77. The van der Waals surface area contributed by atoms with Crippen LogP contribution in [0.4, 0.5) is 11.4 Å². The molecule has 2 atom stereocenters. The summed E-state index contributed by atoms with van der Waals surface area (Å²) < 4.78 is 18.7. The minimum absolute atomic E-state index is 0.631. The van der Waals surface area contributed by atoms with Gasteiger partial charge >= 0.3 is 0 Å². The molecule has 3 aromatic rings. The molecule has 0 radical (unpaired) electrons. The molecule has 0 bridgehead atoms. The number of nitrogens with zero attached hydrogens (tertiary/aromatic N) is 2. The SMILES string of the molecule is [2H]C1N(c2ccccc2C)C(C)=C2N1c1ccccc1C2([2H])c1ccccc1. The Morgan fingerprint density at radius 2 is 1.46 bits per heavy atom. The summed E-state index contributed by atoms with van der Waals surface area (Å²) in [4.78, 5) is 4.07. The molecule has 0 fully saturated rings. The number of fused-ring (bicyclic) bond motifs is 3. The van der Waals surface area contributed by atoms with E-state index in [1.807, 2.05) is 83.5 Å². The van der Waals surface area contributed by atoms with Gasteiger partial charge in [0, 0.05) is 18.4 Å². The van der Waals surface area contributed by atoms with Crippen molar-refractivity contribution >= 4 is 11.4 Å². The zero-order valence-corrected chi connectivity index (χ0v) is 15.0. The number of hydrogen-bond acceptors (Lipinski definition) is 2. The maximum absolute atomic E-state index is 9.65. The lowest BCUT2D eigenvalue weighted by atomic mass is 9.90. The number of anilines is 2. The fourth-order valence-electron chi connectivity index (χ4n) is 4.03. The van der Waals surface area contributed by atoms with Gasteiger partial charge in [0.05, 0.1) is 19.6 Å². The third-order valence-corrected chi connectivity index (χ3v) is 5.28. The van der Waals surface area contributed by atoms with Crippen LogP contribution in [0.25, 0.3) is 0 Å². The summed E-state index contributed by atoms with van der Waals surface area (Å²) in [5.41, 5.74) is 6.81. The number of allylic oxidation sites excluding steroid dienone is 2. The van der Waals surface area contributed by atoms with E-state index in [1.54, 1.807) is 0 Å². The predicted octanol–water partition coefficient (Wildman–Crippen LogP) is 5.66. The molecule has 3 aromatic carbocycles. The Hall–Kier alpha value is -3.00. The average Bonchev–Trinajstić information content (AvgIpc) is 3.15. The Bertz CT molecular complexity index is 1090. The molecule has 2 nitrogen and oxygen atoms in total. The van der Waals surface area contributed by atoms with Crippen LogP contribution in [0, 0.1) is 6.92 Å². The molecule has 2 heteroatoms. The highest BCUT2D eigenvalue weighted by atomic mass is 15.4. The number of benzene rings is 3. The largest absolute Gasteiger partial charge is 0.325 e. The van der Waals surface area contributed by atoms with Crippen LogP contribution in [0.1, 0.15) is 32.2 Å². The lowest BCUT2D eigenvalue weighted by molar-refractivity contribution is 0.928. The van der Waals surface area contributed by atoms with Crippen molar-refractivity contribution in [1.29, 1.82) is 0 Å². The minimum atomic E-state index is -1.03. The number of hydrogen-bond donors (Lipinski definition) is 0. The third kappa shape index (κ3) is 2.12. The Morgan fingerprint density at radius 1 is 0.808 bits per heavy atom. The first kappa shape index (κ1) is 13.2. The molecule has 0 aliphatic carbocycles. The molecule has 0 saturated carbocycles. The monoisotopic (exact) mass is 340 g/mol. The first-order chi connectivity index (χ1) is 13.5. The molecule has 2 aliphatic rings. The molecule has 2 aliphatic heterocycles. The van der Waals surface area contributed by atoms with Gasteiger partial charge < -0.3 is 9.80 Å². The van der Waals surface area contributed by atoms with Gasteiger partial charge in [-0.25, -0.2) is 0 Å². The number of aryl methyl sites for hydroxylation is 1. The topological polar surface area (TPSA) is 6.48 Å². The quantitative estimate of drug-likeness (QED) is 0.594. The van der Waals surface area contributed by atoms with E-state index in [1.165, 1.54) is 0 Å². The second-order valence-corrected chi connectivity index (χ2v) is 6.83. The maximum Gasteiger partial charge on any atom is 0.0995 e. The normalized spacial score (nSPS) is 25.1. The molecule has 5 rings (SSSR count). The summed E-state index contributed by atoms with van der Waals surface area (Å²) in [5.74, 6) is -1.03. The standard InChI is InChI=1S/C24H22N2/c1-17-10-6-8-14-21(17)25-16-26-22-15-9-7-13-20(22)23(24(26)18(25)2)19-11-4-3-5-12-19/h3-15,23H,16H2,1-2H3/i16D,23D. The molecule has 0 spiro atoms. The van der Waals surface area contributed by atoms with E-state index >= 15 is 0 Å². The molecular weight excluding hydrogens is 316 g/mol. The molecule has 26 heavy (non-hydrogen) atoms. The van der Waals surface area contributed by atoms with E-state index in [9.17, 15) is 1.37 Å². The van der Waals surface area contributed by atoms with Crippen molar-refractivity contribution in [1.82, 2.24) is 0 Å².